The number of amides is 1. The van der Waals surface area contributed by atoms with Crippen molar-refractivity contribution in [2.45, 2.75) is 19.9 Å². The van der Waals surface area contributed by atoms with E-state index in [0.29, 0.717) is 10.0 Å². The van der Waals surface area contributed by atoms with Gasteiger partial charge in [-0.3, -0.25) is 4.79 Å². The van der Waals surface area contributed by atoms with Gasteiger partial charge >= 0.3 is 0 Å². The van der Waals surface area contributed by atoms with Gasteiger partial charge in [0.2, 0.25) is 0 Å². The Hall–Kier alpha value is -1.51. The van der Waals surface area contributed by atoms with Gasteiger partial charge in [-0.25, -0.2) is 0 Å². The van der Waals surface area contributed by atoms with Crippen LogP contribution in [0.1, 0.15) is 19.4 Å². The molecule has 0 aliphatic heterocycles. The Morgan fingerprint density at radius 2 is 2.21 bits per heavy atom. The van der Waals surface area contributed by atoms with Crippen molar-refractivity contribution in [2.75, 3.05) is 0 Å². The Balaban J connectivity index is 3.12. The minimum atomic E-state index is -0.446. The number of hydrogen-bond donors (Lipinski definition) is 2. The molecule has 0 spiro atoms. The molecule has 0 heterocycles. The summed E-state index contributed by atoms with van der Waals surface area (Å²) in [6, 6.07) is 4.83. The summed E-state index contributed by atoms with van der Waals surface area (Å²) in [6.07, 6.45) is 1.41. The molecular weight excluding hydrogens is 332 g/mol. The van der Waals surface area contributed by atoms with E-state index >= 15 is 0 Å². The molecule has 0 aliphatic carbocycles. The molecule has 0 radical (unpaired) electrons. The van der Waals surface area contributed by atoms with E-state index in [1.807, 2.05) is 6.07 Å². The Kier molecular flexibility index (Phi) is 5.40. The molecule has 0 atom stereocenters. The molecule has 0 aromatic heterocycles. The molecule has 19 heavy (non-hydrogen) atoms. The number of carbonyl (C=O) groups is 1. The van der Waals surface area contributed by atoms with Crippen molar-refractivity contribution in [3.63, 3.8) is 0 Å². The third-order valence-electron chi connectivity index (χ3n) is 2.14. The van der Waals surface area contributed by atoms with Crippen molar-refractivity contribution in [3.8, 4) is 11.8 Å². The monoisotopic (exact) mass is 342 g/mol. The molecule has 0 unspecified atom stereocenters. The van der Waals surface area contributed by atoms with E-state index in [2.05, 4.69) is 21.2 Å². The number of carbonyl (C=O) groups excluding carboxylic acids is 1. The number of benzene rings is 1. The van der Waals surface area contributed by atoms with Crippen molar-refractivity contribution >= 4 is 39.5 Å². The summed E-state index contributed by atoms with van der Waals surface area (Å²) in [5.41, 5.74) is 0.521. The fourth-order valence-corrected chi connectivity index (χ4v) is 2.14. The zero-order valence-corrected chi connectivity index (χ0v) is 12.7. The number of rotatable bonds is 3. The molecule has 100 valence electrons. The number of phenols is 1. The topological polar surface area (TPSA) is 73.1 Å². The highest BCUT2D eigenvalue weighted by Gasteiger charge is 2.11. The van der Waals surface area contributed by atoms with E-state index in [1.54, 1.807) is 19.9 Å². The zero-order valence-electron chi connectivity index (χ0n) is 10.4. The molecule has 0 fully saturated rings. The van der Waals surface area contributed by atoms with Crippen LogP contribution in [-0.4, -0.2) is 17.1 Å². The average molecular weight is 344 g/mol. The first kappa shape index (κ1) is 15.5. The lowest BCUT2D eigenvalue weighted by atomic mass is 10.1. The van der Waals surface area contributed by atoms with Crippen molar-refractivity contribution in [2.24, 2.45) is 0 Å². The van der Waals surface area contributed by atoms with Crippen LogP contribution in [0.4, 0.5) is 0 Å². The fourth-order valence-electron chi connectivity index (χ4n) is 1.32. The lowest BCUT2D eigenvalue weighted by molar-refractivity contribution is -0.117. The zero-order chi connectivity index (χ0) is 14.6. The molecule has 1 aromatic rings. The number of hydrogen-bond acceptors (Lipinski definition) is 3. The quantitative estimate of drug-likeness (QED) is 0.653. The van der Waals surface area contributed by atoms with Crippen LogP contribution < -0.4 is 5.32 Å². The molecule has 6 heteroatoms. The van der Waals surface area contributed by atoms with Crippen molar-refractivity contribution in [3.05, 3.63) is 32.8 Å². The van der Waals surface area contributed by atoms with Crippen LogP contribution in [0.3, 0.4) is 0 Å². The number of halogens is 2. The van der Waals surface area contributed by atoms with Crippen LogP contribution in [0.15, 0.2) is 22.2 Å². The lowest BCUT2D eigenvalue weighted by Crippen LogP contribution is -2.30. The second-order valence-electron chi connectivity index (χ2n) is 4.13. The molecular formula is C13H12BrClN2O2. The first-order valence-electron chi connectivity index (χ1n) is 5.45. The van der Waals surface area contributed by atoms with Crippen LogP contribution >= 0.6 is 27.5 Å². The van der Waals surface area contributed by atoms with E-state index in [1.165, 1.54) is 12.1 Å². The summed E-state index contributed by atoms with van der Waals surface area (Å²) in [5, 5.41) is 21.3. The summed E-state index contributed by atoms with van der Waals surface area (Å²) >= 11 is 8.96. The van der Waals surface area contributed by atoms with Gasteiger partial charge in [-0.2, -0.15) is 5.26 Å². The number of nitriles is 1. The summed E-state index contributed by atoms with van der Waals surface area (Å²) in [4.78, 5) is 11.7. The molecule has 2 N–H and O–H groups in total. The largest absolute Gasteiger partial charge is 0.505 e. The number of nitrogens with zero attached hydrogens (tertiary/aromatic N) is 1. The van der Waals surface area contributed by atoms with Gasteiger partial charge < -0.3 is 10.4 Å². The van der Waals surface area contributed by atoms with Gasteiger partial charge in [0.1, 0.15) is 17.4 Å². The van der Waals surface area contributed by atoms with Gasteiger partial charge in [-0.05, 0) is 53.5 Å². The average Bonchev–Trinajstić information content (AvgIpc) is 2.31. The highest BCUT2D eigenvalue weighted by atomic mass is 79.9. The Bertz CT molecular complexity index is 553. The maximum Gasteiger partial charge on any atom is 0.262 e. The lowest BCUT2D eigenvalue weighted by Gasteiger charge is -2.07. The molecule has 0 aliphatic rings. The maximum absolute atomic E-state index is 11.7. The number of phenolic OH excluding ortho intramolecular Hbond substituents is 1. The van der Waals surface area contributed by atoms with Crippen molar-refractivity contribution in [1.29, 1.82) is 5.26 Å². The van der Waals surface area contributed by atoms with Gasteiger partial charge in [0.25, 0.3) is 5.91 Å². The number of nitrogens with one attached hydrogen (secondary N) is 1. The van der Waals surface area contributed by atoms with E-state index in [0.717, 1.165) is 0 Å². The van der Waals surface area contributed by atoms with Gasteiger partial charge in [-0.15, -0.1) is 0 Å². The maximum atomic E-state index is 11.7. The first-order valence-corrected chi connectivity index (χ1v) is 6.63. The first-order chi connectivity index (χ1) is 8.85. The Morgan fingerprint density at radius 1 is 1.58 bits per heavy atom. The second kappa shape index (κ2) is 6.60. The standard InChI is InChI=1S/C13H12BrClN2O2/c1-7(2)17-13(19)9(6-16)3-8-4-10(14)12(18)11(15)5-8/h3-5,7,18H,1-2H3,(H,17,19)/b9-3+. The predicted octanol–water partition coefficient (Wildman–Crippen LogP) is 3.24. The Labute approximate surface area is 124 Å². The normalized spacial score (nSPS) is 11.3. The third kappa shape index (κ3) is 4.27. The van der Waals surface area contributed by atoms with Gasteiger partial charge in [0, 0.05) is 6.04 Å². The van der Waals surface area contributed by atoms with Crippen LogP contribution in [0.25, 0.3) is 6.08 Å². The third-order valence-corrected chi connectivity index (χ3v) is 3.03. The van der Waals surface area contributed by atoms with E-state index in [4.69, 9.17) is 16.9 Å². The van der Waals surface area contributed by atoms with Crippen LogP contribution in [0.2, 0.25) is 5.02 Å². The summed E-state index contributed by atoms with van der Waals surface area (Å²) < 4.78 is 0.396. The molecule has 0 saturated carbocycles. The van der Waals surface area contributed by atoms with E-state index in [-0.39, 0.29) is 22.4 Å². The van der Waals surface area contributed by atoms with E-state index in [9.17, 15) is 9.90 Å². The molecule has 4 nitrogen and oxygen atoms in total. The predicted molar refractivity (Wildman–Crippen MR) is 77.7 cm³/mol. The van der Waals surface area contributed by atoms with E-state index < -0.39 is 5.91 Å². The van der Waals surface area contributed by atoms with Gasteiger partial charge in [0.15, 0.2) is 0 Å². The second-order valence-corrected chi connectivity index (χ2v) is 5.39. The van der Waals surface area contributed by atoms with Crippen molar-refractivity contribution in [1.82, 2.24) is 5.32 Å². The smallest absolute Gasteiger partial charge is 0.262 e. The SMILES string of the molecule is CC(C)NC(=O)/C(C#N)=C/c1cc(Cl)c(O)c(Br)c1. The molecule has 0 saturated heterocycles. The van der Waals surface area contributed by atoms with Crippen molar-refractivity contribution < 1.29 is 9.90 Å². The molecule has 1 aromatic carbocycles. The van der Waals surface area contributed by atoms with Gasteiger partial charge in [0.05, 0.1) is 9.50 Å². The highest BCUT2D eigenvalue weighted by molar-refractivity contribution is 9.10. The highest BCUT2D eigenvalue weighted by Crippen LogP contribution is 2.33. The summed E-state index contributed by atoms with van der Waals surface area (Å²) in [6.45, 7) is 3.61. The summed E-state index contributed by atoms with van der Waals surface area (Å²) in [5.74, 6) is -0.526. The summed E-state index contributed by atoms with van der Waals surface area (Å²) in [7, 11) is 0. The Morgan fingerprint density at radius 3 is 2.68 bits per heavy atom. The van der Waals surface area contributed by atoms with Crippen LogP contribution in [0.5, 0.6) is 5.75 Å². The fraction of sp³-hybridized carbons (Fsp3) is 0.231. The molecule has 0 bridgehead atoms. The molecule has 1 rings (SSSR count). The van der Waals surface area contributed by atoms with Gasteiger partial charge in [-0.1, -0.05) is 11.6 Å². The molecule has 1 amide bonds. The van der Waals surface area contributed by atoms with Crippen LogP contribution in [0, 0.1) is 11.3 Å². The minimum Gasteiger partial charge on any atom is -0.505 e. The van der Waals surface area contributed by atoms with Crippen LogP contribution in [-0.2, 0) is 4.79 Å². The minimum absolute atomic E-state index is 0.0256. The number of aromatic hydroxyl groups is 1.